The van der Waals surface area contributed by atoms with Crippen LogP contribution in [-0.4, -0.2) is 39.5 Å². The highest BCUT2D eigenvalue weighted by Crippen LogP contribution is 2.01. The molecule has 120 valence electrons. The summed E-state index contributed by atoms with van der Waals surface area (Å²) in [7, 11) is 0. The molecule has 2 heterocycles. The number of aliphatic hydroxyl groups excluding tert-OH is 1. The molecule has 0 saturated carbocycles. The van der Waals surface area contributed by atoms with Crippen LogP contribution in [0.4, 0.5) is 0 Å². The van der Waals surface area contributed by atoms with Crippen molar-refractivity contribution in [3.05, 3.63) is 59.7 Å². The molecule has 23 heavy (non-hydrogen) atoms. The second kappa shape index (κ2) is 8.00. The van der Waals surface area contributed by atoms with Gasteiger partial charge in [-0.15, -0.1) is 0 Å². The molecule has 1 atom stereocenters. The summed E-state index contributed by atoms with van der Waals surface area (Å²) in [5.74, 6) is -0.828. The first-order valence-electron chi connectivity index (χ1n) is 7.17. The molecule has 2 aromatic heterocycles. The van der Waals surface area contributed by atoms with Crippen LogP contribution in [0.15, 0.2) is 42.6 Å². The van der Waals surface area contributed by atoms with E-state index in [1.165, 1.54) is 12.1 Å². The van der Waals surface area contributed by atoms with Gasteiger partial charge in [0.05, 0.1) is 18.3 Å². The van der Waals surface area contributed by atoms with Crippen molar-refractivity contribution in [1.82, 2.24) is 20.6 Å². The zero-order valence-electron chi connectivity index (χ0n) is 12.7. The molecule has 3 N–H and O–H groups in total. The first-order chi connectivity index (χ1) is 11.1. The number of carbonyl (C=O) groups is 2. The number of hydrogen-bond donors (Lipinski definition) is 3. The Labute approximate surface area is 133 Å². The van der Waals surface area contributed by atoms with E-state index >= 15 is 0 Å². The van der Waals surface area contributed by atoms with Crippen molar-refractivity contribution in [2.75, 3.05) is 6.54 Å². The molecule has 0 saturated heterocycles. The van der Waals surface area contributed by atoms with Crippen LogP contribution in [0, 0.1) is 0 Å². The van der Waals surface area contributed by atoms with E-state index in [4.69, 9.17) is 5.11 Å². The smallest absolute Gasteiger partial charge is 0.270 e. The van der Waals surface area contributed by atoms with E-state index in [1.54, 1.807) is 31.3 Å². The normalized spacial score (nSPS) is 11.6. The highest BCUT2D eigenvalue weighted by Gasteiger charge is 2.12. The number of aliphatic hydroxyl groups is 1. The Kier molecular flexibility index (Phi) is 5.76. The first kappa shape index (κ1) is 16.6. The standard InChI is InChI=1S/C16H18N4O3/c1-11(21)9-18-15(22)13-6-4-7-14(20-13)16(23)19-10-12-5-2-3-8-17-12/h2-8,11,21H,9-10H2,1H3,(H,18,22)(H,19,23). The lowest BCUT2D eigenvalue weighted by molar-refractivity contribution is 0.0918. The van der Waals surface area contributed by atoms with Crippen molar-refractivity contribution >= 4 is 11.8 Å². The second-order valence-corrected chi connectivity index (χ2v) is 4.97. The summed E-state index contributed by atoms with van der Waals surface area (Å²) in [5.41, 5.74) is 0.994. The van der Waals surface area contributed by atoms with Gasteiger partial charge in [0.15, 0.2) is 0 Å². The van der Waals surface area contributed by atoms with Crippen LogP contribution in [0.1, 0.15) is 33.6 Å². The number of rotatable bonds is 6. The maximum absolute atomic E-state index is 12.1. The highest BCUT2D eigenvalue weighted by molar-refractivity contribution is 5.96. The van der Waals surface area contributed by atoms with Gasteiger partial charge in [0.25, 0.3) is 11.8 Å². The lowest BCUT2D eigenvalue weighted by Gasteiger charge is -2.08. The third-order valence-corrected chi connectivity index (χ3v) is 2.93. The fraction of sp³-hybridized carbons (Fsp3) is 0.250. The van der Waals surface area contributed by atoms with Gasteiger partial charge in [-0.25, -0.2) is 4.98 Å². The number of hydrogen-bond acceptors (Lipinski definition) is 5. The van der Waals surface area contributed by atoms with E-state index in [-0.39, 0.29) is 30.4 Å². The van der Waals surface area contributed by atoms with E-state index in [9.17, 15) is 9.59 Å². The van der Waals surface area contributed by atoms with Gasteiger partial charge in [-0.2, -0.15) is 0 Å². The monoisotopic (exact) mass is 314 g/mol. The maximum Gasteiger partial charge on any atom is 0.270 e. The van der Waals surface area contributed by atoms with E-state index in [2.05, 4.69) is 20.6 Å². The Morgan fingerprint density at radius 3 is 2.39 bits per heavy atom. The molecule has 0 aliphatic heterocycles. The van der Waals surface area contributed by atoms with Crippen molar-refractivity contribution in [3.63, 3.8) is 0 Å². The molecule has 0 aliphatic rings. The van der Waals surface area contributed by atoms with Gasteiger partial charge in [0.1, 0.15) is 11.4 Å². The van der Waals surface area contributed by atoms with E-state index in [1.807, 2.05) is 6.07 Å². The lowest BCUT2D eigenvalue weighted by atomic mass is 10.2. The summed E-state index contributed by atoms with van der Waals surface area (Å²) in [6.07, 6.45) is 0.996. The predicted octanol–water partition coefficient (Wildman–Crippen LogP) is 0.517. The second-order valence-electron chi connectivity index (χ2n) is 4.97. The molecule has 2 aromatic rings. The van der Waals surface area contributed by atoms with Crippen molar-refractivity contribution in [2.24, 2.45) is 0 Å². The third-order valence-electron chi connectivity index (χ3n) is 2.93. The maximum atomic E-state index is 12.1. The average Bonchev–Trinajstić information content (AvgIpc) is 2.58. The van der Waals surface area contributed by atoms with Crippen LogP contribution >= 0.6 is 0 Å². The largest absolute Gasteiger partial charge is 0.392 e. The van der Waals surface area contributed by atoms with E-state index in [0.717, 1.165) is 5.69 Å². The minimum absolute atomic E-state index is 0.121. The topological polar surface area (TPSA) is 104 Å². The van der Waals surface area contributed by atoms with Gasteiger partial charge < -0.3 is 15.7 Å². The Bertz CT molecular complexity index is 674. The summed E-state index contributed by atoms with van der Waals surface area (Å²) >= 11 is 0. The molecule has 0 radical (unpaired) electrons. The SMILES string of the molecule is CC(O)CNC(=O)c1cccc(C(=O)NCc2ccccn2)n1. The van der Waals surface area contributed by atoms with Crippen LogP contribution < -0.4 is 10.6 Å². The molecule has 7 heteroatoms. The number of nitrogens with zero attached hydrogens (tertiary/aromatic N) is 2. The zero-order valence-corrected chi connectivity index (χ0v) is 12.7. The van der Waals surface area contributed by atoms with Gasteiger partial charge >= 0.3 is 0 Å². The van der Waals surface area contributed by atoms with Gasteiger partial charge in [-0.1, -0.05) is 12.1 Å². The Hall–Kier alpha value is -2.80. The number of aromatic nitrogens is 2. The number of nitrogens with one attached hydrogen (secondary N) is 2. The Morgan fingerprint density at radius 1 is 1.09 bits per heavy atom. The molecule has 0 aromatic carbocycles. The summed E-state index contributed by atoms with van der Waals surface area (Å²) < 4.78 is 0. The van der Waals surface area contributed by atoms with Crippen LogP contribution in [0.25, 0.3) is 0 Å². The van der Waals surface area contributed by atoms with Crippen molar-refractivity contribution in [1.29, 1.82) is 0 Å². The fourth-order valence-electron chi connectivity index (χ4n) is 1.78. The van der Waals surface area contributed by atoms with Crippen molar-refractivity contribution < 1.29 is 14.7 Å². The third kappa shape index (κ3) is 5.15. The lowest BCUT2D eigenvalue weighted by Crippen LogP contribution is -2.32. The van der Waals surface area contributed by atoms with Gasteiger partial charge in [-0.05, 0) is 31.2 Å². The molecule has 0 bridgehead atoms. The minimum Gasteiger partial charge on any atom is -0.392 e. The molecule has 0 aliphatic carbocycles. The molecule has 0 spiro atoms. The molecule has 1 unspecified atom stereocenters. The molecular formula is C16H18N4O3. The summed E-state index contributed by atoms with van der Waals surface area (Å²) in [4.78, 5) is 32.1. The summed E-state index contributed by atoms with van der Waals surface area (Å²) in [6.45, 7) is 1.96. The summed E-state index contributed by atoms with van der Waals surface area (Å²) in [5, 5.41) is 14.4. The Balaban J connectivity index is 1.98. The van der Waals surface area contributed by atoms with Gasteiger partial charge in [-0.3, -0.25) is 14.6 Å². The van der Waals surface area contributed by atoms with Gasteiger partial charge in [0, 0.05) is 12.7 Å². The molecule has 7 nitrogen and oxygen atoms in total. The molecule has 0 fully saturated rings. The number of carbonyl (C=O) groups excluding carboxylic acids is 2. The fourth-order valence-corrected chi connectivity index (χ4v) is 1.78. The summed E-state index contributed by atoms with van der Waals surface area (Å²) in [6, 6.07) is 10.0. The average molecular weight is 314 g/mol. The van der Waals surface area contributed by atoms with Gasteiger partial charge in [0.2, 0.25) is 0 Å². The zero-order chi connectivity index (χ0) is 16.7. The van der Waals surface area contributed by atoms with Crippen LogP contribution in [-0.2, 0) is 6.54 Å². The van der Waals surface area contributed by atoms with Crippen LogP contribution in [0.3, 0.4) is 0 Å². The highest BCUT2D eigenvalue weighted by atomic mass is 16.3. The van der Waals surface area contributed by atoms with E-state index in [0.29, 0.717) is 0 Å². The predicted molar refractivity (Wildman–Crippen MR) is 83.7 cm³/mol. The molecule has 2 amide bonds. The van der Waals surface area contributed by atoms with Crippen LogP contribution in [0.5, 0.6) is 0 Å². The van der Waals surface area contributed by atoms with E-state index < -0.39 is 12.0 Å². The van der Waals surface area contributed by atoms with Crippen molar-refractivity contribution in [2.45, 2.75) is 19.6 Å². The molecule has 2 rings (SSSR count). The Morgan fingerprint density at radius 2 is 1.78 bits per heavy atom. The molecular weight excluding hydrogens is 296 g/mol. The van der Waals surface area contributed by atoms with Crippen molar-refractivity contribution in [3.8, 4) is 0 Å². The minimum atomic E-state index is -0.649. The quantitative estimate of drug-likeness (QED) is 0.721. The van der Waals surface area contributed by atoms with Crippen LogP contribution in [0.2, 0.25) is 0 Å². The first-order valence-corrected chi connectivity index (χ1v) is 7.17. The number of pyridine rings is 2. The number of amides is 2.